The molecule has 1 atom stereocenters. The van der Waals surface area contributed by atoms with Gasteiger partial charge in [-0.1, -0.05) is 33.8 Å². The number of ether oxygens (including phenoxy) is 1. The molecule has 1 aliphatic rings. The van der Waals surface area contributed by atoms with Crippen LogP contribution in [0.2, 0.25) is 0 Å². The van der Waals surface area contributed by atoms with Crippen molar-refractivity contribution in [3.8, 4) is 0 Å². The zero-order chi connectivity index (χ0) is 25.9. The Labute approximate surface area is 210 Å². The second kappa shape index (κ2) is 11.2. The molecule has 0 spiro atoms. The topological polar surface area (TPSA) is 96.9 Å². The molecular weight excluding hydrogens is 469 g/mol. The number of amides is 2. The summed E-state index contributed by atoms with van der Waals surface area (Å²) >= 11 is -1.91. The molecule has 1 heterocycles. The molecule has 2 aromatic carbocycles. The Balaban J connectivity index is 1.88. The molecule has 0 bridgehead atoms. The van der Waals surface area contributed by atoms with Gasteiger partial charge in [0.2, 0.25) is 0 Å². The lowest BCUT2D eigenvalue weighted by atomic mass is 9.92. The van der Waals surface area contributed by atoms with E-state index in [4.69, 9.17) is 4.74 Å². The third-order valence-electron chi connectivity index (χ3n) is 6.04. The highest BCUT2D eigenvalue weighted by Crippen LogP contribution is 2.35. The van der Waals surface area contributed by atoms with Gasteiger partial charge in [0.15, 0.2) is 4.90 Å². The lowest BCUT2D eigenvalue weighted by Crippen LogP contribution is -2.37. The van der Waals surface area contributed by atoms with E-state index >= 15 is 0 Å². The summed E-state index contributed by atoms with van der Waals surface area (Å²) in [5.41, 5.74) is 1.84. The Morgan fingerprint density at radius 3 is 2.37 bits per heavy atom. The number of urea groups is 1. The van der Waals surface area contributed by atoms with Gasteiger partial charge in [0.1, 0.15) is 17.2 Å². The Morgan fingerprint density at radius 2 is 1.80 bits per heavy atom. The predicted octanol–water partition coefficient (Wildman–Crippen LogP) is 4.98. The number of benzene rings is 2. The first-order chi connectivity index (χ1) is 16.4. The van der Waals surface area contributed by atoms with Crippen molar-refractivity contribution in [3.05, 3.63) is 52.8 Å². The van der Waals surface area contributed by atoms with Crippen LogP contribution in [0.15, 0.2) is 35.2 Å². The second-order valence-electron chi connectivity index (χ2n) is 9.93. The van der Waals surface area contributed by atoms with Gasteiger partial charge in [-0.3, -0.25) is 0 Å². The summed E-state index contributed by atoms with van der Waals surface area (Å²) in [6, 6.07) is 7.63. The van der Waals surface area contributed by atoms with Crippen molar-refractivity contribution in [1.29, 1.82) is 0 Å². The predicted molar refractivity (Wildman–Crippen MR) is 138 cm³/mol. The summed E-state index contributed by atoms with van der Waals surface area (Å²) in [5, 5.41) is 13.4. The van der Waals surface area contributed by atoms with Gasteiger partial charge in [0.25, 0.3) is 0 Å². The zero-order valence-electron chi connectivity index (χ0n) is 21.3. The van der Waals surface area contributed by atoms with E-state index in [0.29, 0.717) is 48.0 Å². The molecule has 3 N–H and O–H groups in total. The Hall–Kier alpha value is -2.33. The smallest absolute Gasteiger partial charge is 0.361 e. The number of rotatable bonds is 7. The average molecular weight is 506 g/mol. The van der Waals surface area contributed by atoms with Crippen molar-refractivity contribution >= 4 is 28.8 Å². The van der Waals surface area contributed by atoms with E-state index in [9.17, 15) is 18.8 Å². The van der Waals surface area contributed by atoms with Gasteiger partial charge in [-0.2, -0.15) is 0 Å². The van der Waals surface area contributed by atoms with Crippen LogP contribution in [0.5, 0.6) is 0 Å². The Kier molecular flexibility index (Phi) is 8.69. The van der Waals surface area contributed by atoms with E-state index in [1.165, 1.54) is 6.07 Å². The molecule has 7 nitrogen and oxygen atoms in total. The molecule has 1 saturated heterocycles. The van der Waals surface area contributed by atoms with E-state index in [0.717, 1.165) is 11.3 Å². The molecule has 2 aromatic rings. The summed E-state index contributed by atoms with van der Waals surface area (Å²) in [6.07, 6.45) is 0. The van der Waals surface area contributed by atoms with Crippen molar-refractivity contribution in [2.24, 2.45) is 0 Å². The normalized spacial score (nSPS) is 15.5. The molecule has 9 heteroatoms. The van der Waals surface area contributed by atoms with Gasteiger partial charge in [-0.15, -0.1) is 4.72 Å². The second-order valence-corrected chi connectivity index (χ2v) is 11.1. The van der Waals surface area contributed by atoms with Gasteiger partial charge in [-0.25, -0.2) is 9.18 Å². The maximum absolute atomic E-state index is 14.6. The van der Waals surface area contributed by atoms with E-state index < -0.39 is 28.8 Å². The molecule has 0 radical (unpaired) electrons. The number of morpholine rings is 1. The molecule has 0 saturated carbocycles. The Morgan fingerprint density at radius 1 is 1.14 bits per heavy atom. The van der Waals surface area contributed by atoms with Crippen molar-refractivity contribution in [2.75, 3.05) is 36.5 Å². The molecule has 192 valence electrons. The van der Waals surface area contributed by atoms with Crippen LogP contribution >= 0.6 is 0 Å². The maximum atomic E-state index is 14.6. The molecule has 1 aliphatic heterocycles. The molecule has 35 heavy (non-hydrogen) atoms. The van der Waals surface area contributed by atoms with Crippen LogP contribution in [-0.4, -0.2) is 42.0 Å². The van der Waals surface area contributed by atoms with Crippen LogP contribution < -0.4 is 14.9 Å². The monoisotopic (exact) mass is 505 g/mol. The van der Waals surface area contributed by atoms with Crippen molar-refractivity contribution in [1.82, 2.24) is 4.72 Å². The van der Waals surface area contributed by atoms with Gasteiger partial charge in [0, 0.05) is 36.5 Å². The number of nitrogens with zero attached hydrogens (tertiary/aromatic N) is 1. The number of carbonyl (C=O) groups is 1. The van der Waals surface area contributed by atoms with Crippen LogP contribution in [-0.2, 0) is 21.7 Å². The van der Waals surface area contributed by atoms with Gasteiger partial charge in [-0.05, 0) is 48.9 Å². The lowest BCUT2D eigenvalue weighted by Gasteiger charge is -2.30. The highest BCUT2D eigenvalue weighted by atomic mass is 32.2. The summed E-state index contributed by atoms with van der Waals surface area (Å²) in [4.78, 5) is 15.4. The minimum atomic E-state index is -1.91. The summed E-state index contributed by atoms with van der Waals surface area (Å²) in [6.45, 7) is 13.5. The Bertz CT molecular complexity index is 1050. The van der Waals surface area contributed by atoms with Gasteiger partial charge >= 0.3 is 6.03 Å². The number of hydrogen-bond donors (Lipinski definition) is 3. The van der Waals surface area contributed by atoms with Crippen LogP contribution in [0.3, 0.4) is 0 Å². The third-order valence-corrected chi connectivity index (χ3v) is 7.07. The fourth-order valence-corrected chi connectivity index (χ4v) is 4.92. The standard InChI is InChI=1S/C26H36FN3O4S/c1-16(2)21-7-8-22(27)23(17(3)4)24(21)28-25(31)29-35(33)20-14-18(26(5,6)32)13-19(15-20)30-9-11-34-12-10-30/h7-8,13-17,32H,9-12H2,1-6H3,(H2,28,29,31). The minimum Gasteiger partial charge on any atom is -0.588 e. The van der Waals surface area contributed by atoms with Gasteiger partial charge < -0.3 is 24.6 Å². The SMILES string of the molecule is CC(C)c1ccc(F)c(C(C)C)c1NC(=O)N[S+]([O-])c1cc(N2CCOCC2)cc(C(C)(C)O)c1. The fraction of sp³-hybridized carbons (Fsp3) is 0.500. The van der Waals surface area contributed by atoms with E-state index in [1.807, 2.05) is 33.8 Å². The average Bonchev–Trinajstić information content (AvgIpc) is 2.78. The van der Waals surface area contributed by atoms with Crippen molar-refractivity contribution in [3.63, 3.8) is 0 Å². The molecule has 0 aliphatic carbocycles. The summed E-state index contributed by atoms with van der Waals surface area (Å²) in [7, 11) is 0. The van der Waals surface area contributed by atoms with Crippen molar-refractivity contribution in [2.45, 2.75) is 63.9 Å². The number of aliphatic hydroxyl groups is 1. The molecular formula is C26H36FN3O4S. The zero-order valence-corrected chi connectivity index (χ0v) is 22.1. The van der Waals surface area contributed by atoms with Gasteiger partial charge in [0.05, 0.1) is 24.5 Å². The molecule has 1 unspecified atom stereocenters. The number of hydrogen-bond acceptors (Lipinski definition) is 5. The summed E-state index contributed by atoms with van der Waals surface area (Å²) < 4.78 is 35.7. The molecule has 3 rings (SSSR count). The van der Waals surface area contributed by atoms with Crippen LogP contribution in [0, 0.1) is 5.82 Å². The number of anilines is 2. The highest BCUT2D eigenvalue weighted by molar-refractivity contribution is 7.90. The van der Waals surface area contributed by atoms with E-state index in [-0.39, 0.29) is 11.8 Å². The van der Waals surface area contributed by atoms with Crippen molar-refractivity contribution < 1.29 is 23.6 Å². The molecule has 0 aromatic heterocycles. The molecule has 1 fully saturated rings. The quantitative estimate of drug-likeness (QED) is 0.461. The first kappa shape index (κ1) is 27.3. The van der Waals surface area contributed by atoms with Crippen LogP contribution in [0.25, 0.3) is 0 Å². The van der Waals surface area contributed by atoms with E-state index in [1.54, 1.807) is 32.0 Å². The van der Waals surface area contributed by atoms with Crippen LogP contribution in [0.1, 0.15) is 70.1 Å². The van der Waals surface area contributed by atoms with Crippen LogP contribution in [0.4, 0.5) is 20.6 Å². The first-order valence-corrected chi connectivity index (χ1v) is 13.1. The van der Waals surface area contributed by atoms with E-state index in [2.05, 4.69) is 14.9 Å². The number of nitrogens with one attached hydrogen (secondary N) is 2. The fourth-order valence-electron chi connectivity index (χ4n) is 4.13. The largest absolute Gasteiger partial charge is 0.588 e. The minimum absolute atomic E-state index is 0.0495. The number of carbonyl (C=O) groups excluding carboxylic acids is 1. The number of halogens is 1. The first-order valence-electron chi connectivity index (χ1n) is 11.9. The lowest BCUT2D eigenvalue weighted by molar-refractivity contribution is 0.0783. The maximum Gasteiger partial charge on any atom is 0.361 e. The highest BCUT2D eigenvalue weighted by Gasteiger charge is 2.26. The summed E-state index contributed by atoms with van der Waals surface area (Å²) in [5.74, 6) is -0.503. The molecule has 2 amide bonds. The third kappa shape index (κ3) is 6.67.